The molecule has 0 bridgehead atoms. The van der Waals surface area contributed by atoms with Gasteiger partial charge in [0.2, 0.25) is 6.79 Å². The van der Waals surface area contributed by atoms with Crippen LogP contribution in [0.5, 0.6) is 17.2 Å². The Hall–Kier alpha value is -2.95. The van der Waals surface area contributed by atoms with Gasteiger partial charge in [-0.3, -0.25) is 4.79 Å². The van der Waals surface area contributed by atoms with Crippen LogP contribution in [0.3, 0.4) is 0 Å². The number of methoxy groups -OCH3 is 1. The van der Waals surface area contributed by atoms with Gasteiger partial charge < -0.3 is 19.5 Å². The molecule has 0 fully saturated rings. The summed E-state index contributed by atoms with van der Waals surface area (Å²) < 4.78 is 15.6. The van der Waals surface area contributed by atoms with Crippen LogP contribution in [-0.4, -0.2) is 19.7 Å². The summed E-state index contributed by atoms with van der Waals surface area (Å²) in [7, 11) is 1.57. The van der Waals surface area contributed by atoms with Crippen LogP contribution in [-0.2, 0) is 0 Å². The number of benzene rings is 2. The first-order valence-corrected chi connectivity index (χ1v) is 6.77. The van der Waals surface area contributed by atoms with Gasteiger partial charge in [0.05, 0.1) is 7.11 Å². The first kappa shape index (κ1) is 14.0. The van der Waals surface area contributed by atoms with E-state index in [4.69, 9.17) is 14.2 Å². The van der Waals surface area contributed by atoms with Crippen molar-refractivity contribution in [2.45, 2.75) is 0 Å². The molecule has 112 valence electrons. The summed E-state index contributed by atoms with van der Waals surface area (Å²) in [5.74, 6) is 1.97. The van der Waals surface area contributed by atoms with Gasteiger partial charge in [0.1, 0.15) is 5.75 Å². The van der Waals surface area contributed by atoms with Crippen molar-refractivity contribution < 1.29 is 19.0 Å². The van der Waals surface area contributed by atoms with E-state index in [0.29, 0.717) is 17.1 Å². The van der Waals surface area contributed by atoms with Gasteiger partial charge in [-0.25, -0.2) is 0 Å². The van der Waals surface area contributed by atoms with E-state index in [-0.39, 0.29) is 12.6 Å². The molecule has 1 heterocycles. The number of hydrogen-bond acceptors (Lipinski definition) is 5. The number of carbonyl (C=O) groups is 1. The topological polar surface area (TPSA) is 56.8 Å². The highest BCUT2D eigenvalue weighted by molar-refractivity contribution is 6.04. The molecule has 0 unspecified atom stereocenters. The second kappa shape index (κ2) is 6.22. The zero-order chi connectivity index (χ0) is 15.4. The average Bonchev–Trinajstić information content (AvgIpc) is 3.02. The van der Waals surface area contributed by atoms with Crippen molar-refractivity contribution in [2.75, 3.05) is 19.2 Å². The largest absolute Gasteiger partial charge is 0.497 e. The third-order valence-corrected chi connectivity index (χ3v) is 3.21. The van der Waals surface area contributed by atoms with Gasteiger partial charge in [0, 0.05) is 29.6 Å². The van der Waals surface area contributed by atoms with Gasteiger partial charge in [-0.05, 0) is 24.3 Å². The number of carbonyl (C=O) groups excluding carboxylic acids is 1. The van der Waals surface area contributed by atoms with Crippen LogP contribution in [0.2, 0.25) is 0 Å². The van der Waals surface area contributed by atoms with Crippen molar-refractivity contribution in [2.24, 2.45) is 0 Å². The number of allylic oxidation sites excluding steroid dienone is 1. The molecule has 0 amide bonds. The lowest BCUT2D eigenvalue weighted by molar-refractivity contribution is 0.104. The molecule has 0 saturated heterocycles. The first-order valence-electron chi connectivity index (χ1n) is 6.77. The highest BCUT2D eigenvalue weighted by Gasteiger charge is 2.12. The van der Waals surface area contributed by atoms with Crippen molar-refractivity contribution in [1.29, 1.82) is 0 Å². The highest BCUT2D eigenvalue weighted by Crippen LogP contribution is 2.34. The fraction of sp³-hybridized carbons (Fsp3) is 0.118. The molecule has 1 N–H and O–H groups in total. The minimum Gasteiger partial charge on any atom is -0.497 e. The molecule has 1 aliphatic heterocycles. The van der Waals surface area contributed by atoms with Crippen LogP contribution < -0.4 is 19.5 Å². The molecule has 0 saturated carbocycles. The molecule has 22 heavy (non-hydrogen) atoms. The zero-order valence-electron chi connectivity index (χ0n) is 12.0. The number of rotatable bonds is 5. The van der Waals surface area contributed by atoms with E-state index in [1.807, 2.05) is 18.2 Å². The molecule has 0 aliphatic carbocycles. The van der Waals surface area contributed by atoms with E-state index in [1.165, 1.54) is 6.08 Å². The standard InChI is InChI=1S/C17H15NO4/c1-20-14-4-2-3-12(9-14)15(19)7-8-18-13-5-6-16-17(10-13)22-11-21-16/h2-10,18H,11H2,1H3/b8-7+. The first-order chi connectivity index (χ1) is 10.8. The predicted octanol–water partition coefficient (Wildman–Crippen LogP) is 3.23. The van der Waals surface area contributed by atoms with Crippen LogP contribution in [0.1, 0.15) is 10.4 Å². The Balaban J connectivity index is 1.65. The van der Waals surface area contributed by atoms with Crippen LogP contribution >= 0.6 is 0 Å². The fourth-order valence-electron chi connectivity index (χ4n) is 2.07. The maximum atomic E-state index is 12.1. The Bertz CT molecular complexity index is 724. The Kier molecular flexibility index (Phi) is 3.96. The molecule has 2 aromatic carbocycles. The molecule has 1 aliphatic rings. The van der Waals surface area contributed by atoms with Crippen LogP contribution in [0.15, 0.2) is 54.7 Å². The molecular weight excluding hydrogens is 282 g/mol. The average molecular weight is 297 g/mol. The normalized spacial score (nSPS) is 12.4. The third-order valence-electron chi connectivity index (χ3n) is 3.21. The van der Waals surface area contributed by atoms with Gasteiger partial charge in [-0.1, -0.05) is 12.1 Å². The van der Waals surface area contributed by atoms with E-state index >= 15 is 0 Å². The van der Waals surface area contributed by atoms with Crippen molar-refractivity contribution in [3.05, 3.63) is 60.3 Å². The van der Waals surface area contributed by atoms with Crippen LogP contribution in [0.25, 0.3) is 0 Å². The number of anilines is 1. The van der Waals surface area contributed by atoms with Gasteiger partial charge in [0.25, 0.3) is 0 Å². The van der Waals surface area contributed by atoms with E-state index in [0.717, 1.165) is 11.4 Å². The second-order valence-corrected chi connectivity index (χ2v) is 4.64. The Morgan fingerprint density at radius 2 is 2.05 bits per heavy atom. The SMILES string of the molecule is COc1cccc(C(=O)/C=C/Nc2ccc3c(c2)OCO3)c1. The minimum absolute atomic E-state index is 0.104. The number of hydrogen-bond donors (Lipinski definition) is 1. The number of nitrogens with one attached hydrogen (secondary N) is 1. The van der Waals surface area contributed by atoms with Crippen molar-refractivity contribution >= 4 is 11.5 Å². The molecule has 0 atom stereocenters. The van der Waals surface area contributed by atoms with Gasteiger partial charge in [-0.2, -0.15) is 0 Å². The zero-order valence-corrected chi connectivity index (χ0v) is 12.0. The summed E-state index contributed by atoms with van der Waals surface area (Å²) >= 11 is 0. The Morgan fingerprint density at radius 3 is 2.91 bits per heavy atom. The molecule has 5 nitrogen and oxygen atoms in total. The van der Waals surface area contributed by atoms with Gasteiger partial charge in [0.15, 0.2) is 17.3 Å². The molecule has 0 radical (unpaired) electrons. The molecular formula is C17H15NO4. The van der Waals surface area contributed by atoms with Crippen LogP contribution in [0, 0.1) is 0 Å². The maximum Gasteiger partial charge on any atom is 0.231 e. The molecule has 0 aromatic heterocycles. The lowest BCUT2D eigenvalue weighted by Crippen LogP contribution is -1.97. The van der Waals surface area contributed by atoms with Crippen molar-refractivity contribution in [3.8, 4) is 17.2 Å². The van der Waals surface area contributed by atoms with E-state index in [2.05, 4.69) is 5.32 Å². The van der Waals surface area contributed by atoms with Gasteiger partial charge in [-0.15, -0.1) is 0 Å². The Labute approximate surface area is 128 Å². The lowest BCUT2D eigenvalue weighted by atomic mass is 10.1. The van der Waals surface area contributed by atoms with E-state index in [9.17, 15) is 4.79 Å². The molecule has 2 aromatic rings. The van der Waals surface area contributed by atoms with Gasteiger partial charge >= 0.3 is 0 Å². The van der Waals surface area contributed by atoms with E-state index < -0.39 is 0 Å². The molecule has 3 rings (SSSR count). The smallest absolute Gasteiger partial charge is 0.231 e. The predicted molar refractivity (Wildman–Crippen MR) is 82.7 cm³/mol. The van der Waals surface area contributed by atoms with Crippen LogP contribution in [0.4, 0.5) is 5.69 Å². The van der Waals surface area contributed by atoms with Crippen molar-refractivity contribution in [3.63, 3.8) is 0 Å². The summed E-state index contributed by atoms with van der Waals surface area (Å²) in [5, 5.41) is 3.04. The fourth-order valence-corrected chi connectivity index (χ4v) is 2.07. The maximum absolute atomic E-state index is 12.1. The van der Waals surface area contributed by atoms with E-state index in [1.54, 1.807) is 37.6 Å². The summed E-state index contributed by atoms with van der Waals surface area (Å²) in [5.41, 5.74) is 1.39. The van der Waals surface area contributed by atoms with Crippen molar-refractivity contribution in [1.82, 2.24) is 0 Å². The third kappa shape index (κ3) is 3.03. The Morgan fingerprint density at radius 1 is 1.18 bits per heavy atom. The number of fused-ring (bicyclic) bond motifs is 1. The monoisotopic (exact) mass is 297 g/mol. The number of ether oxygens (including phenoxy) is 3. The summed E-state index contributed by atoms with van der Waals surface area (Å²) in [4.78, 5) is 12.1. The quantitative estimate of drug-likeness (QED) is 0.678. The number of ketones is 1. The minimum atomic E-state index is -0.104. The summed E-state index contributed by atoms with van der Waals surface area (Å²) in [6.07, 6.45) is 3.07. The molecule has 5 heteroatoms. The second-order valence-electron chi connectivity index (χ2n) is 4.64. The highest BCUT2D eigenvalue weighted by atomic mass is 16.7. The summed E-state index contributed by atoms with van der Waals surface area (Å²) in [6, 6.07) is 12.5. The molecule has 0 spiro atoms. The summed E-state index contributed by atoms with van der Waals surface area (Å²) in [6.45, 7) is 0.239. The lowest BCUT2D eigenvalue weighted by Gasteiger charge is -2.03.